The third-order valence-electron chi connectivity index (χ3n) is 2.77. The molecule has 0 fully saturated rings. The molecule has 1 aromatic rings. The van der Waals surface area contributed by atoms with Gasteiger partial charge < -0.3 is 4.79 Å². The summed E-state index contributed by atoms with van der Waals surface area (Å²) < 4.78 is 0. The molecule has 0 aliphatic heterocycles. The van der Waals surface area contributed by atoms with Gasteiger partial charge in [0.25, 0.3) is 0 Å². The smallest absolute Gasteiger partial charge is 0.157 e. The molecule has 0 amide bonds. The van der Waals surface area contributed by atoms with Crippen molar-refractivity contribution in [2.45, 2.75) is 25.9 Å². The Hall–Kier alpha value is -1.15. The number of benzene rings is 1. The molecule has 0 heterocycles. The quantitative estimate of drug-likeness (QED) is 0.548. The highest BCUT2D eigenvalue weighted by molar-refractivity contribution is 7.13. The number of carbonyl (C=O) groups is 1. The monoisotopic (exact) mass is 218 g/mol. The molecule has 15 heavy (non-hydrogen) atoms. The van der Waals surface area contributed by atoms with Crippen molar-refractivity contribution in [1.82, 2.24) is 0 Å². The first-order valence-corrected chi connectivity index (χ1v) is 8.28. The lowest BCUT2D eigenvalue weighted by Crippen LogP contribution is -2.49. The van der Waals surface area contributed by atoms with Gasteiger partial charge in [-0.05, 0) is 6.42 Å². The fourth-order valence-electron chi connectivity index (χ4n) is 1.56. The van der Waals surface area contributed by atoms with Crippen molar-refractivity contribution in [1.29, 1.82) is 0 Å². The Labute approximate surface area is 92.8 Å². The Morgan fingerprint density at radius 2 is 1.93 bits per heavy atom. The molecule has 0 aromatic heterocycles. The van der Waals surface area contributed by atoms with E-state index in [4.69, 9.17) is 0 Å². The zero-order valence-corrected chi connectivity index (χ0v) is 10.5. The summed E-state index contributed by atoms with van der Waals surface area (Å²) in [5.74, 6) is 0. The lowest BCUT2D eigenvalue weighted by molar-refractivity contribution is -0.112. The first kappa shape index (κ1) is 11.9. The van der Waals surface area contributed by atoms with Gasteiger partial charge in [-0.2, -0.15) is 0 Å². The lowest BCUT2D eigenvalue weighted by Gasteiger charge is -2.20. The van der Waals surface area contributed by atoms with E-state index in [2.05, 4.69) is 31.8 Å². The van der Waals surface area contributed by atoms with Crippen LogP contribution in [-0.4, -0.2) is 13.5 Å². The van der Waals surface area contributed by atoms with Crippen molar-refractivity contribution in [2.75, 3.05) is 0 Å². The maximum atomic E-state index is 12.0. The number of allylic oxidation sites excluding steroid dienone is 1. The minimum atomic E-state index is -1.91. The van der Waals surface area contributed by atoms with Crippen LogP contribution in [0.25, 0.3) is 0 Å². The molecule has 1 aromatic carbocycles. The van der Waals surface area contributed by atoms with Gasteiger partial charge in [0, 0.05) is 6.42 Å². The number of rotatable bonds is 5. The van der Waals surface area contributed by atoms with Crippen molar-refractivity contribution < 1.29 is 4.79 Å². The fraction of sp³-hybridized carbons (Fsp3) is 0.308. The molecule has 0 bridgehead atoms. The molecule has 0 saturated heterocycles. The molecule has 0 radical (unpaired) electrons. The summed E-state index contributed by atoms with van der Waals surface area (Å²) in [7, 11) is -1.91. The Morgan fingerprint density at radius 3 is 2.47 bits per heavy atom. The van der Waals surface area contributed by atoms with Gasteiger partial charge in [0.2, 0.25) is 0 Å². The van der Waals surface area contributed by atoms with Crippen LogP contribution < -0.4 is 5.19 Å². The molecule has 1 rings (SSSR count). The minimum absolute atomic E-state index is 0.411. The van der Waals surface area contributed by atoms with Crippen LogP contribution in [0.1, 0.15) is 12.8 Å². The van der Waals surface area contributed by atoms with E-state index in [9.17, 15) is 4.79 Å². The highest BCUT2D eigenvalue weighted by atomic mass is 28.3. The molecule has 2 heteroatoms. The van der Waals surface area contributed by atoms with E-state index in [0.717, 1.165) is 6.42 Å². The Balaban J connectivity index is 2.82. The Morgan fingerprint density at radius 1 is 1.33 bits per heavy atom. The summed E-state index contributed by atoms with van der Waals surface area (Å²) in [5.41, 5.74) is 0. The van der Waals surface area contributed by atoms with Crippen molar-refractivity contribution in [2.24, 2.45) is 0 Å². The van der Waals surface area contributed by atoms with Crippen LogP contribution in [-0.2, 0) is 4.79 Å². The highest BCUT2D eigenvalue weighted by Crippen LogP contribution is 2.09. The van der Waals surface area contributed by atoms with Crippen LogP contribution >= 0.6 is 0 Å². The van der Waals surface area contributed by atoms with Crippen molar-refractivity contribution >= 4 is 18.7 Å². The standard InChI is InChI=1S/C13H18OSi/c1-4-5-11-13(14)15(2,3)12-9-7-6-8-10-12/h4,6-10H,1,5,11H2,2-3H3. The zero-order chi connectivity index (χ0) is 11.3. The first-order valence-electron chi connectivity index (χ1n) is 5.28. The van der Waals surface area contributed by atoms with Crippen LogP contribution in [0.2, 0.25) is 13.1 Å². The van der Waals surface area contributed by atoms with Crippen molar-refractivity contribution in [3.8, 4) is 0 Å². The third kappa shape index (κ3) is 2.90. The van der Waals surface area contributed by atoms with E-state index >= 15 is 0 Å². The molecular formula is C13H18OSi. The second-order valence-corrected chi connectivity index (χ2v) is 8.63. The molecule has 0 spiro atoms. The van der Waals surface area contributed by atoms with E-state index in [1.807, 2.05) is 24.3 Å². The van der Waals surface area contributed by atoms with Crippen molar-refractivity contribution in [3.63, 3.8) is 0 Å². The van der Waals surface area contributed by atoms with Gasteiger partial charge in [0.05, 0.1) is 0 Å². The van der Waals surface area contributed by atoms with E-state index in [-0.39, 0.29) is 0 Å². The summed E-state index contributed by atoms with van der Waals surface area (Å²) in [4.78, 5) is 12.0. The number of carbonyl (C=O) groups excluding carboxylic acids is 1. The molecule has 80 valence electrons. The Kier molecular flexibility index (Phi) is 4.03. The molecular weight excluding hydrogens is 200 g/mol. The van der Waals surface area contributed by atoms with E-state index in [1.54, 1.807) is 0 Å². The predicted molar refractivity (Wildman–Crippen MR) is 68.0 cm³/mol. The van der Waals surface area contributed by atoms with Gasteiger partial charge in [-0.25, -0.2) is 0 Å². The van der Waals surface area contributed by atoms with Gasteiger partial charge in [-0.1, -0.05) is 54.7 Å². The topological polar surface area (TPSA) is 17.1 Å². The molecule has 0 aliphatic rings. The Bertz CT molecular complexity index is 341. The van der Waals surface area contributed by atoms with E-state index in [0.29, 0.717) is 11.8 Å². The maximum absolute atomic E-state index is 12.0. The molecule has 0 N–H and O–H groups in total. The van der Waals surface area contributed by atoms with E-state index < -0.39 is 8.07 Å². The largest absolute Gasteiger partial charge is 0.305 e. The fourth-order valence-corrected chi connectivity index (χ4v) is 3.68. The van der Waals surface area contributed by atoms with E-state index in [1.165, 1.54) is 5.19 Å². The molecule has 0 unspecified atom stereocenters. The first-order chi connectivity index (χ1) is 7.09. The number of hydrogen-bond donors (Lipinski definition) is 0. The third-order valence-corrected chi connectivity index (χ3v) is 6.19. The SMILES string of the molecule is C=CCCC(=O)[Si](C)(C)c1ccccc1. The summed E-state index contributed by atoms with van der Waals surface area (Å²) in [6, 6.07) is 10.1. The van der Waals surface area contributed by atoms with Gasteiger partial charge in [0.1, 0.15) is 5.41 Å². The van der Waals surface area contributed by atoms with Gasteiger partial charge in [-0.3, -0.25) is 0 Å². The van der Waals surface area contributed by atoms with Gasteiger partial charge >= 0.3 is 0 Å². The molecule has 0 aliphatic carbocycles. The average Bonchev–Trinajstić information content (AvgIpc) is 2.27. The van der Waals surface area contributed by atoms with Crippen molar-refractivity contribution in [3.05, 3.63) is 43.0 Å². The highest BCUT2D eigenvalue weighted by Gasteiger charge is 2.31. The zero-order valence-electron chi connectivity index (χ0n) is 9.49. The average molecular weight is 218 g/mol. The lowest BCUT2D eigenvalue weighted by atomic mass is 10.3. The normalized spacial score (nSPS) is 11.1. The molecule has 0 saturated carbocycles. The van der Waals surface area contributed by atoms with Gasteiger partial charge in [-0.15, -0.1) is 6.58 Å². The summed E-state index contributed by atoms with van der Waals surface area (Å²) in [6.45, 7) is 7.89. The summed E-state index contributed by atoms with van der Waals surface area (Å²) in [6.07, 6.45) is 3.24. The maximum Gasteiger partial charge on any atom is 0.157 e. The van der Waals surface area contributed by atoms with Crippen LogP contribution in [0.3, 0.4) is 0 Å². The summed E-state index contributed by atoms with van der Waals surface area (Å²) >= 11 is 0. The second kappa shape index (κ2) is 5.08. The van der Waals surface area contributed by atoms with Crippen LogP contribution in [0, 0.1) is 0 Å². The van der Waals surface area contributed by atoms with Crippen LogP contribution in [0.15, 0.2) is 43.0 Å². The second-order valence-electron chi connectivity index (χ2n) is 4.24. The van der Waals surface area contributed by atoms with Crippen LogP contribution in [0.5, 0.6) is 0 Å². The minimum Gasteiger partial charge on any atom is -0.305 e. The van der Waals surface area contributed by atoms with Gasteiger partial charge in [0.15, 0.2) is 8.07 Å². The number of hydrogen-bond acceptors (Lipinski definition) is 1. The molecule has 0 atom stereocenters. The molecule has 1 nitrogen and oxygen atoms in total. The van der Waals surface area contributed by atoms with Crippen LogP contribution in [0.4, 0.5) is 0 Å². The predicted octanol–water partition coefficient (Wildman–Crippen LogP) is 2.68. The summed E-state index contributed by atoms with van der Waals surface area (Å²) in [5, 5.41) is 1.63.